The highest BCUT2D eigenvalue weighted by Crippen LogP contribution is 2.25. The standard InChI is InChI=1S/C19H26N4O/c1-2-11-23(19(24)8-5-12-22-15-20-14-21-22)18-10-9-16-6-3-4-7-17(16)13-18/h3-4,6-7,14-15,18H,2,5,8-13H2,1H3/t18-/m0/s1. The zero-order valence-electron chi connectivity index (χ0n) is 14.4. The van der Waals surface area contributed by atoms with Gasteiger partial charge in [-0.2, -0.15) is 5.10 Å². The number of aromatic nitrogens is 3. The molecule has 0 saturated carbocycles. The highest BCUT2D eigenvalue weighted by atomic mass is 16.2. The van der Waals surface area contributed by atoms with Crippen molar-refractivity contribution in [3.8, 4) is 0 Å². The first kappa shape index (κ1) is 16.7. The van der Waals surface area contributed by atoms with Crippen LogP contribution in [0.5, 0.6) is 0 Å². The summed E-state index contributed by atoms with van der Waals surface area (Å²) in [5.41, 5.74) is 2.86. The van der Waals surface area contributed by atoms with Gasteiger partial charge in [0.1, 0.15) is 12.7 Å². The van der Waals surface area contributed by atoms with E-state index < -0.39 is 0 Å². The number of rotatable bonds is 7. The predicted octanol–water partition coefficient (Wildman–Crippen LogP) is 2.85. The van der Waals surface area contributed by atoms with Crippen LogP contribution in [0.1, 0.15) is 43.7 Å². The van der Waals surface area contributed by atoms with E-state index in [1.54, 1.807) is 11.0 Å². The first-order valence-electron chi connectivity index (χ1n) is 8.96. The van der Waals surface area contributed by atoms with Crippen molar-refractivity contribution >= 4 is 5.91 Å². The third kappa shape index (κ3) is 4.02. The number of amides is 1. The molecule has 0 bridgehead atoms. The summed E-state index contributed by atoms with van der Waals surface area (Å²) in [6.07, 6.45) is 8.78. The Hall–Kier alpha value is -2.17. The summed E-state index contributed by atoms with van der Waals surface area (Å²) >= 11 is 0. The van der Waals surface area contributed by atoms with Crippen LogP contribution in [0, 0.1) is 0 Å². The Morgan fingerprint density at radius 1 is 1.33 bits per heavy atom. The van der Waals surface area contributed by atoms with E-state index in [-0.39, 0.29) is 5.91 Å². The Balaban J connectivity index is 1.58. The van der Waals surface area contributed by atoms with Gasteiger partial charge in [-0.25, -0.2) is 4.98 Å². The van der Waals surface area contributed by atoms with Gasteiger partial charge in [0, 0.05) is 25.6 Å². The number of aryl methyl sites for hydroxylation is 2. The van der Waals surface area contributed by atoms with Crippen LogP contribution in [0.2, 0.25) is 0 Å². The number of carbonyl (C=O) groups excluding carboxylic acids is 1. The van der Waals surface area contributed by atoms with Crippen molar-refractivity contribution in [3.63, 3.8) is 0 Å². The summed E-state index contributed by atoms with van der Waals surface area (Å²) in [4.78, 5) is 18.8. The first-order valence-corrected chi connectivity index (χ1v) is 8.96. The van der Waals surface area contributed by atoms with Crippen LogP contribution >= 0.6 is 0 Å². The topological polar surface area (TPSA) is 51.0 Å². The van der Waals surface area contributed by atoms with E-state index in [0.29, 0.717) is 12.5 Å². The maximum atomic E-state index is 12.8. The molecular weight excluding hydrogens is 300 g/mol. The maximum Gasteiger partial charge on any atom is 0.222 e. The van der Waals surface area contributed by atoms with Gasteiger partial charge < -0.3 is 4.90 Å². The van der Waals surface area contributed by atoms with E-state index in [0.717, 1.165) is 45.2 Å². The van der Waals surface area contributed by atoms with E-state index >= 15 is 0 Å². The molecule has 0 fully saturated rings. The van der Waals surface area contributed by atoms with Gasteiger partial charge in [-0.3, -0.25) is 9.48 Å². The second-order valence-corrected chi connectivity index (χ2v) is 6.51. The maximum absolute atomic E-state index is 12.8. The molecule has 0 N–H and O–H groups in total. The number of hydrogen-bond donors (Lipinski definition) is 0. The van der Waals surface area contributed by atoms with E-state index in [4.69, 9.17) is 0 Å². The fraction of sp³-hybridized carbons (Fsp3) is 0.526. The average Bonchev–Trinajstić information content (AvgIpc) is 3.12. The summed E-state index contributed by atoms with van der Waals surface area (Å²) < 4.78 is 1.79. The predicted molar refractivity (Wildman–Crippen MR) is 93.5 cm³/mol. The minimum absolute atomic E-state index is 0.279. The molecule has 1 aliphatic carbocycles. The molecule has 1 amide bonds. The molecule has 1 aromatic carbocycles. The molecule has 0 radical (unpaired) electrons. The van der Waals surface area contributed by atoms with Crippen LogP contribution < -0.4 is 0 Å². The van der Waals surface area contributed by atoms with Crippen molar-refractivity contribution in [2.45, 2.75) is 58.0 Å². The lowest BCUT2D eigenvalue weighted by Crippen LogP contribution is -2.43. The highest BCUT2D eigenvalue weighted by Gasteiger charge is 2.26. The number of carbonyl (C=O) groups is 1. The van der Waals surface area contributed by atoms with Gasteiger partial charge >= 0.3 is 0 Å². The van der Waals surface area contributed by atoms with Crippen LogP contribution in [-0.2, 0) is 24.2 Å². The van der Waals surface area contributed by atoms with Gasteiger partial charge in [-0.15, -0.1) is 0 Å². The average molecular weight is 326 g/mol. The molecule has 0 spiro atoms. The molecule has 0 unspecified atom stereocenters. The van der Waals surface area contributed by atoms with Crippen molar-refractivity contribution in [1.82, 2.24) is 19.7 Å². The third-order valence-electron chi connectivity index (χ3n) is 4.79. The number of nitrogens with zero attached hydrogens (tertiary/aromatic N) is 4. The molecule has 1 atom stereocenters. The SMILES string of the molecule is CCCN(C(=O)CCCn1cncn1)[C@H]1CCc2ccccc2C1. The third-order valence-corrected chi connectivity index (χ3v) is 4.79. The Labute approximate surface area is 143 Å². The Morgan fingerprint density at radius 3 is 2.92 bits per heavy atom. The minimum Gasteiger partial charge on any atom is -0.339 e. The fourth-order valence-corrected chi connectivity index (χ4v) is 3.58. The zero-order chi connectivity index (χ0) is 16.8. The summed E-state index contributed by atoms with van der Waals surface area (Å²) in [6, 6.07) is 8.98. The Kier molecular flexibility index (Phi) is 5.62. The van der Waals surface area contributed by atoms with Gasteiger partial charge in [0.15, 0.2) is 0 Å². The lowest BCUT2D eigenvalue weighted by Gasteiger charge is -2.35. The lowest BCUT2D eigenvalue weighted by molar-refractivity contribution is -0.134. The van der Waals surface area contributed by atoms with Crippen LogP contribution in [0.25, 0.3) is 0 Å². The summed E-state index contributed by atoms with van der Waals surface area (Å²) in [7, 11) is 0. The molecule has 24 heavy (non-hydrogen) atoms. The van der Waals surface area contributed by atoms with Crippen LogP contribution in [0.3, 0.4) is 0 Å². The Morgan fingerprint density at radius 2 is 2.17 bits per heavy atom. The lowest BCUT2D eigenvalue weighted by atomic mass is 9.87. The van der Waals surface area contributed by atoms with Crippen LogP contribution in [-0.4, -0.2) is 38.2 Å². The van der Waals surface area contributed by atoms with Gasteiger partial charge in [0.25, 0.3) is 0 Å². The highest BCUT2D eigenvalue weighted by molar-refractivity contribution is 5.76. The van der Waals surface area contributed by atoms with Crippen molar-refractivity contribution in [2.24, 2.45) is 0 Å². The van der Waals surface area contributed by atoms with E-state index in [9.17, 15) is 4.79 Å². The smallest absolute Gasteiger partial charge is 0.222 e. The van der Waals surface area contributed by atoms with E-state index in [1.807, 2.05) is 0 Å². The monoisotopic (exact) mass is 326 g/mol. The molecule has 1 aromatic heterocycles. The molecule has 1 aliphatic rings. The molecule has 1 heterocycles. The van der Waals surface area contributed by atoms with Gasteiger partial charge in [0.05, 0.1) is 0 Å². The molecule has 128 valence electrons. The molecule has 2 aromatic rings. The van der Waals surface area contributed by atoms with Crippen molar-refractivity contribution in [1.29, 1.82) is 0 Å². The normalized spacial score (nSPS) is 16.6. The number of benzene rings is 1. The van der Waals surface area contributed by atoms with Crippen molar-refractivity contribution in [2.75, 3.05) is 6.54 Å². The van der Waals surface area contributed by atoms with Gasteiger partial charge in [-0.05, 0) is 43.2 Å². The second kappa shape index (κ2) is 8.08. The van der Waals surface area contributed by atoms with E-state index in [2.05, 4.69) is 46.2 Å². The van der Waals surface area contributed by atoms with Crippen LogP contribution in [0.15, 0.2) is 36.9 Å². The van der Waals surface area contributed by atoms with Gasteiger partial charge in [0.2, 0.25) is 5.91 Å². The summed E-state index contributed by atoms with van der Waals surface area (Å²) in [5.74, 6) is 0.279. The fourth-order valence-electron chi connectivity index (χ4n) is 3.58. The molecule has 0 aliphatic heterocycles. The second-order valence-electron chi connectivity index (χ2n) is 6.51. The zero-order valence-corrected chi connectivity index (χ0v) is 14.4. The molecular formula is C19H26N4O. The largest absolute Gasteiger partial charge is 0.339 e. The molecule has 3 rings (SSSR count). The summed E-state index contributed by atoms with van der Waals surface area (Å²) in [5, 5.41) is 4.09. The molecule has 5 nitrogen and oxygen atoms in total. The molecule has 5 heteroatoms. The first-order chi connectivity index (χ1) is 11.8. The van der Waals surface area contributed by atoms with Crippen molar-refractivity contribution in [3.05, 3.63) is 48.0 Å². The minimum atomic E-state index is 0.279. The Bertz CT molecular complexity index is 653. The molecule has 0 saturated heterocycles. The van der Waals surface area contributed by atoms with E-state index in [1.165, 1.54) is 17.5 Å². The van der Waals surface area contributed by atoms with Gasteiger partial charge in [-0.1, -0.05) is 31.2 Å². The quantitative estimate of drug-likeness (QED) is 0.786. The van der Waals surface area contributed by atoms with Crippen molar-refractivity contribution < 1.29 is 4.79 Å². The number of fused-ring (bicyclic) bond motifs is 1. The van der Waals surface area contributed by atoms with Crippen LogP contribution in [0.4, 0.5) is 0 Å². The number of hydrogen-bond acceptors (Lipinski definition) is 3. The summed E-state index contributed by atoms with van der Waals surface area (Å²) in [6.45, 7) is 3.75.